The molecule has 1 aliphatic rings. The SMILES string of the molecule is N[C@@H](c1cccc(-c2ccccc2)c1)[C@H](O)C1CC1. The van der Waals surface area contributed by atoms with Crippen LogP contribution in [0.1, 0.15) is 24.4 Å². The molecular weight excluding hydrogens is 234 g/mol. The third-order valence-corrected chi connectivity index (χ3v) is 3.85. The summed E-state index contributed by atoms with van der Waals surface area (Å²) in [5.74, 6) is 0.399. The molecule has 1 saturated carbocycles. The molecule has 0 heterocycles. The molecule has 2 aromatic carbocycles. The molecule has 2 nitrogen and oxygen atoms in total. The number of hydrogen-bond donors (Lipinski definition) is 2. The van der Waals surface area contributed by atoms with Gasteiger partial charge in [-0.15, -0.1) is 0 Å². The van der Waals surface area contributed by atoms with Crippen molar-refractivity contribution < 1.29 is 5.11 Å². The molecule has 1 aliphatic carbocycles. The van der Waals surface area contributed by atoms with Gasteiger partial charge in [-0.1, -0.05) is 48.5 Å². The van der Waals surface area contributed by atoms with E-state index in [4.69, 9.17) is 5.73 Å². The maximum Gasteiger partial charge on any atom is 0.0760 e. The fourth-order valence-electron chi connectivity index (χ4n) is 2.48. The molecule has 0 bridgehead atoms. The number of nitrogens with two attached hydrogens (primary N) is 1. The van der Waals surface area contributed by atoms with Gasteiger partial charge in [-0.25, -0.2) is 0 Å². The molecule has 3 rings (SSSR count). The van der Waals surface area contributed by atoms with Crippen molar-refractivity contribution in [3.05, 3.63) is 60.2 Å². The highest BCUT2D eigenvalue weighted by Gasteiger charge is 2.34. The lowest BCUT2D eigenvalue weighted by molar-refractivity contribution is 0.122. The summed E-state index contributed by atoms with van der Waals surface area (Å²) < 4.78 is 0. The Bertz CT molecular complexity index is 548. The number of aliphatic hydroxyl groups excluding tert-OH is 1. The van der Waals surface area contributed by atoms with Crippen molar-refractivity contribution in [2.24, 2.45) is 11.7 Å². The van der Waals surface area contributed by atoms with Crippen molar-refractivity contribution in [1.29, 1.82) is 0 Å². The lowest BCUT2D eigenvalue weighted by Gasteiger charge is -2.19. The standard InChI is InChI=1S/C17H19NO/c18-16(17(19)13-9-10-13)15-8-4-7-14(11-15)12-5-2-1-3-6-12/h1-8,11,13,16-17,19H,9-10,18H2/t16-,17+/m0/s1. The van der Waals surface area contributed by atoms with E-state index in [1.165, 1.54) is 5.56 Å². The van der Waals surface area contributed by atoms with E-state index >= 15 is 0 Å². The summed E-state index contributed by atoms with van der Waals surface area (Å²) in [6.45, 7) is 0. The van der Waals surface area contributed by atoms with Gasteiger partial charge in [0.25, 0.3) is 0 Å². The molecule has 1 fully saturated rings. The van der Waals surface area contributed by atoms with Gasteiger partial charge in [0.2, 0.25) is 0 Å². The Hall–Kier alpha value is -1.64. The largest absolute Gasteiger partial charge is 0.391 e. The third kappa shape index (κ3) is 2.70. The Morgan fingerprint density at radius 2 is 1.63 bits per heavy atom. The van der Waals surface area contributed by atoms with Gasteiger partial charge >= 0.3 is 0 Å². The topological polar surface area (TPSA) is 46.2 Å². The van der Waals surface area contributed by atoms with Gasteiger partial charge in [0, 0.05) is 0 Å². The van der Waals surface area contributed by atoms with Gasteiger partial charge in [0.1, 0.15) is 0 Å². The summed E-state index contributed by atoms with van der Waals surface area (Å²) >= 11 is 0. The summed E-state index contributed by atoms with van der Waals surface area (Å²) in [4.78, 5) is 0. The average molecular weight is 253 g/mol. The maximum absolute atomic E-state index is 10.1. The Morgan fingerprint density at radius 1 is 0.947 bits per heavy atom. The lowest BCUT2D eigenvalue weighted by atomic mass is 9.95. The van der Waals surface area contributed by atoms with Crippen LogP contribution in [0.15, 0.2) is 54.6 Å². The first kappa shape index (κ1) is 12.4. The summed E-state index contributed by atoms with van der Waals surface area (Å²) in [6, 6.07) is 18.1. The summed E-state index contributed by atoms with van der Waals surface area (Å²) in [6.07, 6.45) is 1.80. The van der Waals surface area contributed by atoms with Crippen LogP contribution in [0.3, 0.4) is 0 Å². The van der Waals surface area contributed by atoms with Crippen LogP contribution in [-0.2, 0) is 0 Å². The molecule has 98 valence electrons. The smallest absolute Gasteiger partial charge is 0.0760 e. The van der Waals surface area contributed by atoms with Crippen LogP contribution in [0.2, 0.25) is 0 Å². The first-order valence-corrected chi connectivity index (χ1v) is 6.85. The summed E-state index contributed by atoms with van der Waals surface area (Å²) in [5, 5.41) is 10.1. The molecule has 0 radical (unpaired) electrons. The van der Waals surface area contributed by atoms with Crippen LogP contribution in [-0.4, -0.2) is 11.2 Å². The molecule has 2 atom stereocenters. The molecule has 0 amide bonds. The second kappa shape index (κ2) is 5.16. The monoisotopic (exact) mass is 253 g/mol. The summed E-state index contributed by atoms with van der Waals surface area (Å²) in [7, 11) is 0. The fraction of sp³-hybridized carbons (Fsp3) is 0.294. The molecule has 0 aromatic heterocycles. The van der Waals surface area contributed by atoms with Crippen LogP contribution >= 0.6 is 0 Å². The minimum absolute atomic E-state index is 0.281. The Labute approximate surface area is 113 Å². The van der Waals surface area contributed by atoms with Crippen molar-refractivity contribution in [1.82, 2.24) is 0 Å². The predicted molar refractivity (Wildman–Crippen MR) is 77.5 cm³/mol. The number of rotatable bonds is 4. The first-order chi connectivity index (χ1) is 9.25. The number of aliphatic hydroxyl groups is 1. The van der Waals surface area contributed by atoms with Gasteiger partial charge in [0.15, 0.2) is 0 Å². The molecule has 0 saturated heterocycles. The zero-order chi connectivity index (χ0) is 13.2. The van der Waals surface area contributed by atoms with E-state index in [1.807, 2.05) is 30.3 Å². The Balaban J connectivity index is 1.87. The molecule has 2 heteroatoms. The van der Waals surface area contributed by atoms with E-state index < -0.39 is 6.10 Å². The number of hydrogen-bond acceptors (Lipinski definition) is 2. The Morgan fingerprint density at radius 3 is 2.32 bits per heavy atom. The van der Waals surface area contributed by atoms with Crippen molar-refractivity contribution in [3.8, 4) is 11.1 Å². The van der Waals surface area contributed by atoms with Crippen LogP contribution < -0.4 is 5.73 Å². The average Bonchev–Trinajstić information content (AvgIpc) is 3.31. The van der Waals surface area contributed by atoms with Gasteiger partial charge in [-0.3, -0.25) is 0 Å². The zero-order valence-corrected chi connectivity index (χ0v) is 10.9. The van der Waals surface area contributed by atoms with Crippen molar-refractivity contribution in [2.45, 2.75) is 25.0 Å². The molecule has 0 spiro atoms. The van der Waals surface area contributed by atoms with E-state index in [-0.39, 0.29) is 6.04 Å². The quantitative estimate of drug-likeness (QED) is 0.879. The van der Waals surface area contributed by atoms with Crippen LogP contribution in [0.25, 0.3) is 11.1 Å². The molecule has 2 aromatic rings. The van der Waals surface area contributed by atoms with E-state index in [0.29, 0.717) is 5.92 Å². The van der Waals surface area contributed by atoms with Gasteiger partial charge in [-0.2, -0.15) is 0 Å². The summed E-state index contributed by atoms with van der Waals surface area (Å²) in [5.41, 5.74) is 9.52. The molecule has 0 unspecified atom stereocenters. The van der Waals surface area contributed by atoms with Crippen LogP contribution in [0, 0.1) is 5.92 Å². The fourth-order valence-corrected chi connectivity index (χ4v) is 2.48. The highest BCUT2D eigenvalue weighted by molar-refractivity contribution is 5.64. The van der Waals surface area contributed by atoms with E-state index in [2.05, 4.69) is 24.3 Å². The van der Waals surface area contributed by atoms with Gasteiger partial charge in [-0.05, 0) is 41.5 Å². The Kier molecular flexibility index (Phi) is 3.36. The van der Waals surface area contributed by atoms with Crippen molar-refractivity contribution in [3.63, 3.8) is 0 Å². The molecular formula is C17H19NO. The molecule has 19 heavy (non-hydrogen) atoms. The minimum atomic E-state index is -0.411. The van der Waals surface area contributed by atoms with E-state index in [1.54, 1.807) is 0 Å². The third-order valence-electron chi connectivity index (χ3n) is 3.85. The van der Waals surface area contributed by atoms with E-state index in [0.717, 1.165) is 24.0 Å². The second-order valence-corrected chi connectivity index (χ2v) is 5.35. The molecule has 3 N–H and O–H groups in total. The van der Waals surface area contributed by atoms with Crippen LogP contribution in [0.4, 0.5) is 0 Å². The number of benzene rings is 2. The predicted octanol–water partition coefficient (Wildman–Crippen LogP) is 3.12. The van der Waals surface area contributed by atoms with Crippen LogP contribution in [0.5, 0.6) is 0 Å². The highest BCUT2D eigenvalue weighted by atomic mass is 16.3. The van der Waals surface area contributed by atoms with Crippen molar-refractivity contribution in [2.75, 3.05) is 0 Å². The van der Waals surface area contributed by atoms with Gasteiger partial charge in [0.05, 0.1) is 12.1 Å². The second-order valence-electron chi connectivity index (χ2n) is 5.35. The normalized spacial score (nSPS) is 18.0. The first-order valence-electron chi connectivity index (χ1n) is 6.85. The maximum atomic E-state index is 10.1. The highest BCUT2D eigenvalue weighted by Crippen LogP contribution is 2.37. The van der Waals surface area contributed by atoms with Crippen molar-refractivity contribution >= 4 is 0 Å². The lowest BCUT2D eigenvalue weighted by Crippen LogP contribution is -2.27. The zero-order valence-electron chi connectivity index (χ0n) is 10.9. The van der Waals surface area contributed by atoms with E-state index in [9.17, 15) is 5.11 Å². The van der Waals surface area contributed by atoms with Gasteiger partial charge < -0.3 is 10.8 Å². The minimum Gasteiger partial charge on any atom is -0.391 e. The molecule has 0 aliphatic heterocycles.